The molecule has 1 heterocycles. The highest BCUT2D eigenvalue weighted by Gasteiger charge is 2.33. The molecule has 4 nitrogen and oxygen atoms in total. The summed E-state index contributed by atoms with van der Waals surface area (Å²) in [4.78, 5) is 2.26. The minimum atomic E-state index is -0.365. The summed E-state index contributed by atoms with van der Waals surface area (Å²) in [6, 6.07) is 14.9. The van der Waals surface area contributed by atoms with Crippen LogP contribution >= 0.6 is 0 Å². The number of aliphatic hydroxyl groups is 1. The Kier molecular flexibility index (Phi) is 5.45. The molecule has 0 unspecified atom stereocenters. The van der Waals surface area contributed by atoms with Crippen molar-refractivity contribution >= 4 is 0 Å². The Balaban J connectivity index is 1.86. The van der Waals surface area contributed by atoms with E-state index in [1.807, 2.05) is 30.3 Å². The van der Waals surface area contributed by atoms with E-state index in [1.54, 1.807) is 12.1 Å². The van der Waals surface area contributed by atoms with Gasteiger partial charge in [-0.15, -0.1) is 0 Å². The Bertz CT molecular complexity index is 665. The van der Waals surface area contributed by atoms with E-state index in [2.05, 4.69) is 4.90 Å². The van der Waals surface area contributed by atoms with Gasteiger partial charge in [-0.1, -0.05) is 36.4 Å². The number of ether oxygens (including phenoxy) is 2. The molecule has 0 bridgehead atoms. The van der Waals surface area contributed by atoms with Crippen molar-refractivity contribution < 1.29 is 19.0 Å². The third-order valence-electron chi connectivity index (χ3n) is 4.38. The number of aliphatic hydroxyl groups excluding tert-OH is 1. The van der Waals surface area contributed by atoms with E-state index in [0.717, 1.165) is 17.7 Å². The third-order valence-corrected chi connectivity index (χ3v) is 4.38. The van der Waals surface area contributed by atoms with Crippen molar-refractivity contribution in [1.29, 1.82) is 0 Å². The summed E-state index contributed by atoms with van der Waals surface area (Å²) in [5.41, 5.74) is 2.07. The molecule has 1 saturated heterocycles. The Morgan fingerprint density at radius 2 is 2.04 bits per heavy atom. The molecule has 2 atom stereocenters. The summed E-state index contributed by atoms with van der Waals surface area (Å²) in [5.74, 6) is -0.119. The lowest BCUT2D eigenvalue weighted by molar-refractivity contribution is -0.0960. The Morgan fingerprint density at radius 3 is 2.75 bits per heavy atom. The van der Waals surface area contributed by atoms with Crippen LogP contribution in [0.25, 0.3) is 0 Å². The summed E-state index contributed by atoms with van der Waals surface area (Å²) in [7, 11) is 1.46. The first-order chi connectivity index (χ1) is 11.7. The minimum Gasteiger partial charge on any atom is -0.494 e. The lowest BCUT2D eigenvalue weighted by Crippen LogP contribution is -2.46. The smallest absolute Gasteiger partial charge is 0.165 e. The molecule has 2 aromatic carbocycles. The van der Waals surface area contributed by atoms with Gasteiger partial charge in [-0.2, -0.15) is 0 Å². The molecular formula is C19H22FNO3. The van der Waals surface area contributed by atoms with Gasteiger partial charge in [0, 0.05) is 13.1 Å². The highest BCUT2D eigenvalue weighted by molar-refractivity contribution is 5.30. The van der Waals surface area contributed by atoms with E-state index < -0.39 is 0 Å². The van der Waals surface area contributed by atoms with Gasteiger partial charge in [0.25, 0.3) is 0 Å². The zero-order chi connectivity index (χ0) is 16.9. The zero-order valence-electron chi connectivity index (χ0n) is 13.7. The van der Waals surface area contributed by atoms with E-state index in [9.17, 15) is 9.50 Å². The van der Waals surface area contributed by atoms with Crippen LogP contribution in [0.2, 0.25) is 0 Å². The molecule has 1 N–H and O–H groups in total. The largest absolute Gasteiger partial charge is 0.494 e. The van der Waals surface area contributed by atoms with Gasteiger partial charge in [-0.3, -0.25) is 4.90 Å². The van der Waals surface area contributed by atoms with Crippen LogP contribution in [0.15, 0.2) is 48.5 Å². The van der Waals surface area contributed by atoms with Gasteiger partial charge in [0.1, 0.15) is 6.10 Å². The summed E-state index contributed by atoms with van der Waals surface area (Å²) in [6.45, 7) is 1.90. The molecule has 128 valence electrons. The molecule has 0 aliphatic carbocycles. The van der Waals surface area contributed by atoms with Crippen molar-refractivity contribution in [2.24, 2.45) is 0 Å². The predicted octanol–water partition coefficient (Wildman–Crippen LogP) is 2.77. The normalized spacial score (nSPS) is 21.6. The van der Waals surface area contributed by atoms with E-state index in [0.29, 0.717) is 13.2 Å². The second-order valence-electron chi connectivity index (χ2n) is 5.89. The maximum atomic E-state index is 13.6. The van der Waals surface area contributed by atoms with Crippen LogP contribution in [0.4, 0.5) is 4.39 Å². The topological polar surface area (TPSA) is 41.9 Å². The fourth-order valence-corrected chi connectivity index (χ4v) is 3.23. The third kappa shape index (κ3) is 3.59. The second-order valence-corrected chi connectivity index (χ2v) is 5.89. The van der Waals surface area contributed by atoms with E-state index in [4.69, 9.17) is 9.47 Å². The number of hydrogen-bond acceptors (Lipinski definition) is 4. The number of nitrogens with zero attached hydrogens (tertiary/aromatic N) is 1. The van der Waals surface area contributed by atoms with Gasteiger partial charge in [-0.25, -0.2) is 4.39 Å². The Labute approximate surface area is 141 Å². The van der Waals surface area contributed by atoms with Crippen molar-refractivity contribution in [2.75, 3.05) is 26.9 Å². The van der Waals surface area contributed by atoms with Gasteiger partial charge >= 0.3 is 0 Å². The monoisotopic (exact) mass is 331 g/mol. The number of halogens is 1. The first-order valence-electron chi connectivity index (χ1n) is 8.07. The van der Waals surface area contributed by atoms with Crippen LogP contribution in [-0.2, 0) is 11.3 Å². The first-order valence-corrected chi connectivity index (χ1v) is 8.07. The van der Waals surface area contributed by atoms with Crippen LogP contribution in [0.3, 0.4) is 0 Å². The van der Waals surface area contributed by atoms with Crippen LogP contribution in [-0.4, -0.2) is 43.0 Å². The molecule has 0 amide bonds. The van der Waals surface area contributed by atoms with E-state index in [-0.39, 0.29) is 30.3 Å². The summed E-state index contributed by atoms with van der Waals surface area (Å²) >= 11 is 0. The summed E-state index contributed by atoms with van der Waals surface area (Å²) in [5, 5.41) is 9.70. The van der Waals surface area contributed by atoms with E-state index >= 15 is 0 Å². The summed E-state index contributed by atoms with van der Waals surface area (Å²) in [6.07, 6.45) is -0.275. The summed E-state index contributed by atoms with van der Waals surface area (Å²) < 4.78 is 24.4. The van der Waals surface area contributed by atoms with Crippen molar-refractivity contribution in [3.8, 4) is 5.75 Å². The van der Waals surface area contributed by atoms with Crippen LogP contribution in [0.1, 0.15) is 17.2 Å². The standard InChI is InChI=1S/C19H22FNO3/c1-23-17-11-14(7-8-16(17)20)12-21-9-10-24-18(13-22)19(21)15-5-3-2-4-6-15/h2-8,11,18-19,22H,9-10,12-13H2,1H3/t18-,19-/m1/s1. The average molecular weight is 331 g/mol. The average Bonchev–Trinajstić information content (AvgIpc) is 2.63. The Morgan fingerprint density at radius 1 is 1.25 bits per heavy atom. The number of hydrogen-bond donors (Lipinski definition) is 1. The van der Waals surface area contributed by atoms with Gasteiger partial charge in [0.15, 0.2) is 11.6 Å². The lowest BCUT2D eigenvalue weighted by Gasteiger charge is -2.41. The molecule has 0 spiro atoms. The molecule has 24 heavy (non-hydrogen) atoms. The van der Waals surface area contributed by atoms with Gasteiger partial charge in [0.05, 0.1) is 26.4 Å². The lowest BCUT2D eigenvalue weighted by atomic mass is 9.97. The fourth-order valence-electron chi connectivity index (χ4n) is 3.23. The minimum absolute atomic E-state index is 0.0389. The highest BCUT2D eigenvalue weighted by atomic mass is 19.1. The predicted molar refractivity (Wildman–Crippen MR) is 89.4 cm³/mol. The molecule has 0 radical (unpaired) electrons. The van der Waals surface area contributed by atoms with Gasteiger partial charge in [0.2, 0.25) is 0 Å². The number of morpholine rings is 1. The van der Waals surface area contributed by atoms with Crippen LogP contribution < -0.4 is 4.74 Å². The quantitative estimate of drug-likeness (QED) is 0.915. The molecule has 1 fully saturated rings. The van der Waals surface area contributed by atoms with Crippen molar-refractivity contribution in [3.05, 3.63) is 65.5 Å². The molecule has 5 heteroatoms. The number of rotatable bonds is 5. The molecule has 0 aromatic heterocycles. The Hall–Kier alpha value is -1.95. The maximum Gasteiger partial charge on any atom is 0.165 e. The van der Waals surface area contributed by atoms with Crippen LogP contribution in [0, 0.1) is 5.82 Å². The SMILES string of the molecule is COc1cc(CN2CCO[C@H](CO)[C@H]2c2ccccc2)ccc1F. The number of benzene rings is 2. The van der Waals surface area contributed by atoms with Crippen molar-refractivity contribution in [3.63, 3.8) is 0 Å². The molecule has 1 aliphatic rings. The molecule has 2 aromatic rings. The first kappa shape index (κ1) is 16.9. The van der Waals surface area contributed by atoms with E-state index in [1.165, 1.54) is 13.2 Å². The van der Waals surface area contributed by atoms with Crippen molar-refractivity contribution in [2.45, 2.75) is 18.7 Å². The van der Waals surface area contributed by atoms with Crippen molar-refractivity contribution in [1.82, 2.24) is 4.90 Å². The fraction of sp³-hybridized carbons (Fsp3) is 0.368. The zero-order valence-corrected chi connectivity index (χ0v) is 13.7. The maximum absolute atomic E-state index is 13.6. The van der Waals surface area contributed by atoms with Crippen LogP contribution in [0.5, 0.6) is 5.75 Å². The van der Waals surface area contributed by atoms with Gasteiger partial charge < -0.3 is 14.6 Å². The number of methoxy groups -OCH3 is 1. The second kappa shape index (κ2) is 7.75. The van der Waals surface area contributed by atoms with Gasteiger partial charge in [-0.05, 0) is 23.3 Å². The molecule has 0 saturated carbocycles. The highest BCUT2D eigenvalue weighted by Crippen LogP contribution is 2.31. The molecule has 3 rings (SSSR count). The molecular weight excluding hydrogens is 309 g/mol. The molecule has 1 aliphatic heterocycles.